The molecule has 0 saturated carbocycles. The van der Waals surface area contributed by atoms with Gasteiger partial charge in [0, 0.05) is 6.54 Å². The highest BCUT2D eigenvalue weighted by atomic mass is 19.1. The van der Waals surface area contributed by atoms with Crippen LogP contribution in [0.2, 0.25) is 0 Å². The van der Waals surface area contributed by atoms with Gasteiger partial charge in [0.2, 0.25) is 0 Å². The summed E-state index contributed by atoms with van der Waals surface area (Å²) in [6, 6.07) is 6.88. The number of hydrogen-bond acceptors (Lipinski definition) is 2. The minimum atomic E-state index is -0.147. The molecule has 17 heavy (non-hydrogen) atoms. The molecule has 1 heterocycles. The number of benzene rings is 1. The Labute approximate surface area is 103 Å². The second-order valence-electron chi connectivity index (χ2n) is 4.68. The van der Waals surface area contributed by atoms with E-state index in [2.05, 4.69) is 10.2 Å². The number of hydrogen-bond donors (Lipinski definition) is 1. The molecule has 1 N–H and O–H groups in total. The summed E-state index contributed by atoms with van der Waals surface area (Å²) >= 11 is 0. The van der Waals surface area contributed by atoms with Gasteiger partial charge in [-0.1, -0.05) is 12.1 Å². The fourth-order valence-corrected chi connectivity index (χ4v) is 2.25. The molecule has 1 aliphatic heterocycles. The quantitative estimate of drug-likeness (QED) is 0.864. The molecule has 2 rings (SSSR count). The van der Waals surface area contributed by atoms with E-state index in [1.807, 2.05) is 12.1 Å². The third-order valence-corrected chi connectivity index (χ3v) is 3.29. The first-order valence-corrected chi connectivity index (χ1v) is 6.52. The van der Waals surface area contributed by atoms with E-state index >= 15 is 0 Å². The van der Waals surface area contributed by atoms with Gasteiger partial charge in [-0.3, -0.25) is 0 Å². The lowest BCUT2D eigenvalue weighted by Crippen LogP contribution is -2.35. The lowest BCUT2D eigenvalue weighted by Gasteiger charge is -2.24. The van der Waals surface area contributed by atoms with Crippen LogP contribution in [0.5, 0.6) is 0 Å². The Morgan fingerprint density at radius 2 is 1.71 bits per heavy atom. The molecule has 0 unspecified atom stereocenters. The van der Waals surface area contributed by atoms with Crippen molar-refractivity contribution in [2.75, 3.05) is 32.7 Å². The molecule has 1 aromatic carbocycles. The predicted molar refractivity (Wildman–Crippen MR) is 68.6 cm³/mol. The van der Waals surface area contributed by atoms with Crippen molar-refractivity contribution in [1.29, 1.82) is 0 Å². The van der Waals surface area contributed by atoms with Crippen LogP contribution in [0.3, 0.4) is 0 Å². The van der Waals surface area contributed by atoms with E-state index in [4.69, 9.17) is 0 Å². The topological polar surface area (TPSA) is 15.3 Å². The fraction of sp³-hybridized carbons (Fsp3) is 0.571. The fourth-order valence-electron chi connectivity index (χ4n) is 2.25. The standard InChI is InChI=1S/C14H21FN2/c15-14-5-3-13(4-6-14)7-12-17-10-1-8-16-9-2-11-17/h3-6,16H,1-2,7-12H2. The molecule has 1 fully saturated rings. The Bertz CT molecular complexity index is 315. The van der Waals surface area contributed by atoms with Crippen molar-refractivity contribution in [1.82, 2.24) is 10.2 Å². The molecule has 0 atom stereocenters. The number of rotatable bonds is 3. The van der Waals surface area contributed by atoms with Crippen molar-refractivity contribution in [2.24, 2.45) is 0 Å². The van der Waals surface area contributed by atoms with Crippen molar-refractivity contribution >= 4 is 0 Å². The van der Waals surface area contributed by atoms with E-state index in [0.717, 1.165) is 26.1 Å². The van der Waals surface area contributed by atoms with Gasteiger partial charge in [0.1, 0.15) is 5.82 Å². The molecular weight excluding hydrogens is 215 g/mol. The van der Waals surface area contributed by atoms with Crippen LogP contribution >= 0.6 is 0 Å². The summed E-state index contributed by atoms with van der Waals surface area (Å²) in [7, 11) is 0. The highest BCUT2D eigenvalue weighted by Crippen LogP contribution is 2.06. The normalized spacial score (nSPS) is 18.6. The largest absolute Gasteiger partial charge is 0.317 e. The van der Waals surface area contributed by atoms with E-state index in [1.165, 1.54) is 31.5 Å². The number of nitrogens with one attached hydrogen (secondary N) is 1. The molecule has 0 aliphatic carbocycles. The van der Waals surface area contributed by atoms with Crippen LogP contribution < -0.4 is 5.32 Å². The van der Waals surface area contributed by atoms with Crippen LogP contribution in [0.25, 0.3) is 0 Å². The predicted octanol–water partition coefficient (Wildman–Crippen LogP) is 2.05. The molecule has 0 bridgehead atoms. The van der Waals surface area contributed by atoms with Gasteiger partial charge in [0.15, 0.2) is 0 Å². The first kappa shape index (κ1) is 12.5. The third-order valence-electron chi connectivity index (χ3n) is 3.29. The van der Waals surface area contributed by atoms with Gasteiger partial charge < -0.3 is 10.2 Å². The Kier molecular flexibility index (Phi) is 4.95. The molecule has 1 aliphatic rings. The SMILES string of the molecule is Fc1ccc(CCN2CCCNCCC2)cc1. The highest BCUT2D eigenvalue weighted by molar-refractivity contribution is 5.16. The van der Waals surface area contributed by atoms with E-state index < -0.39 is 0 Å². The summed E-state index contributed by atoms with van der Waals surface area (Å²) in [6.07, 6.45) is 3.47. The number of halogens is 1. The van der Waals surface area contributed by atoms with Gasteiger partial charge in [-0.25, -0.2) is 4.39 Å². The average Bonchev–Trinajstić information content (AvgIpc) is 2.30. The second-order valence-corrected chi connectivity index (χ2v) is 4.68. The van der Waals surface area contributed by atoms with Gasteiger partial charge in [0.25, 0.3) is 0 Å². The minimum Gasteiger partial charge on any atom is -0.317 e. The third kappa shape index (κ3) is 4.44. The minimum absolute atomic E-state index is 0.147. The molecule has 0 radical (unpaired) electrons. The summed E-state index contributed by atoms with van der Waals surface area (Å²) in [5.74, 6) is -0.147. The zero-order valence-corrected chi connectivity index (χ0v) is 10.3. The average molecular weight is 236 g/mol. The highest BCUT2D eigenvalue weighted by Gasteiger charge is 2.07. The van der Waals surface area contributed by atoms with Crippen molar-refractivity contribution in [3.63, 3.8) is 0 Å². The van der Waals surface area contributed by atoms with E-state index in [9.17, 15) is 4.39 Å². The summed E-state index contributed by atoms with van der Waals surface area (Å²) < 4.78 is 12.8. The molecule has 1 aromatic rings. The maximum absolute atomic E-state index is 12.8. The first-order chi connectivity index (χ1) is 8.34. The number of nitrogens with zero attached hydrogens (tertiary/aromatic N) is 1. The molecule has 0 amide bonds. The van der Waals surface area contributed by atoms with E-state index in [1.54, 1.807) is 12.1 Å². The van der Waals surface area contributed by atoms with Gasteiger partial charge in [-0.15, -0.1) is 0 Å². The maximum Gasteiger partial charge on any atom is 0.123 e. The Morgan fingerprint density at radius 1 is 1.06 bits per heavy atom. The van der Waals surface area contributed by atoms with E-state index in [-0.39, 0.29) is 5.82 Å². The van der Waals surface area contributed by atoms with Crippen molar-refractivity contribution < 1.29 is 4.39 Å². The van der Waals surface area contributed by atoms with Gasteiger partial charge in [0.05, 0.1) is 0 Å². The van der Waals surface area contributed by atoms with Crippen LogP contribution in [0, 0.1) is 5.82 Å². The smallest absolute Gasteiger partial charge is 0.123 e. The maximum atomic E-state index is 12.8. The molecule has 1 saturated heterocycles. The van der Waals surface area contributed by atoms with Crippen LogP contribution in [0.15, 0.2) is 24.3 Å². The summed E-state index contributed by atoms with van der Waals surface area (Å²) in [5.41, 5.74) is 1.23. The molecule has 2 nitrogen and oxygen atoms in total. The molecule has 0 spiro atoms. The van der Waals surface area contributed by atoms with Crippen LogP contribution in [0.1, 0.15) is 18.4 Å². The van der Waals surface area contributed by atoms with Gasteiger partial charge in [-0.2, -0.15) is 0 Å². The van der Waals surface area contributed by atoms with E-state index in [0.29, 0.717) is 0 Å². The summed E-state index contributed by atoms with van der Waals surface area (Å²) in [5, 5.41) is 3.42. The Hall–Kier alpha value is -0.930. The van der Waals surface area contributed by atoms with Gasteiger partial charge >= 0.3 is 0 Å². The Morgan fingerprint density at radius 3 is 2.35 bits per heavy atom. The van der Waals surface area contributed by atoms with Crippen molar-refractivity contribution in [3.8, 4) is 0 Å². The van der Waals surface area contributed by atoms with Crippen LogP contribution in [-0.4, -0.2) is 37.6 Å². The van der Waals surface area contributed by atoms with Gasteiger partial charge in [-0.05, 0) is 63.1 Å². The zero-order valence-electron chi connectivity index (χ0n) is 10.3. The van der Waals surface area contributed by atoms with Crippen molar-refractivity contribution in [3.05, 3.63) is 35.6 Å². The lowest BCUT2D eigenvalue weighted by molar-refractivity contribution is 0.255. The van der Waals surface area contributed by atoms with Crippen LogP contribution in [-0.2, 0) is 6.42 Å². The first-order valence-electron chi connectivity index (χ1n) is 6.52. The summed E-state index contributed by atoms with van der Waals surface area (Å²) in [4.78, 5) is 2.52. The monoisotopic (exact) mass is 236 g/mol. The molecule has 0 aromatic heterocycles. The lowest BCUT2D eigenvalue weighted by atomic mass is 10.1. The Balaban J connectivity index is 1.77. The van der Waals surface area contributed by atoms with Crippen molar-refractivity contribution in [2.45, 2.75) is 19.3 Å². The summed E-state index contributed by atoms with van der Waals surface area (Å²) in [6.45, 7) is 5.70. The molecule has 3 heteroatoms. The molecular formula is C14H21FN2. The van der Waals surface area contributed by atoms with Crippen LogP contribution in [0.4, 0.5) is 4.39 Å². The zero-order chi connectivity index (χ0) is 11.9. The molecule has 94 valence electrons. The second kappa shape index (κ2) is 6.72.